The summed E-state index contributed by atoms with van der Waals surface area (Å²) in [5, 5.41) is 16.3. The molecule has 3 N–H and O–H groups in total. The van der Waals surface area contributed by atoms with Crippen molar-refractivity contribution in [2.24, 2.45) is 0 Å². The third kappa shape index (κ3) is 3.86. The average molecular weight is 513 g/mol. The monoisotopic (exact) mass is 512 g/mol. The minimum absolute atomic E-state index is 0.0163. The van der Waals surface area contributed by atoms with Crippen LogP contribution >= 0.6 is 0 Å². The topological polar surface area (TPSA) is 112 Å². The van der Waals surface area contributed by atoms with Crippen molar-refractivity contribution in [1.82, 2.24) is 24.3 Å². The van der Waals surface area contributed by atoms with E-state index < -0.39 is 17.7 Å². The summed E-state index contributed by atoms with van der Waals surface area (Å²) in [6.45, 7) is 1.85. The number of aryl methyl sites for hydroxylation is 1. The minimum Gasteiger partial charge on any atom is -0.389 e. The number of rotatable bonds is 4. The number of halogens is 2. The van der Waals surface area contributed by atoms with Gasteiger partial charge in [0, 0.05) is 17.7 Å². The number of hydrogen-bond donors (Lipinski definition) is 2. The Morgan fingerprint density at radius 1 is 1.11 bits per heavy atom. The second-order valence-corrected chi connectivity index (χ2v) is 9.22. The van der Waals surface area contributed by atoms with Crippen LogP contribution in [0.4, 0.5) is 14.6 Å². The lowest BCUT2D eigenvalue weighted by Gasteiger charge is -2.16. The molecule has 0 radical (unpaired) electrons. The Labute approximate surface area is 215 Å². The van der Waals surface area contributed by atoms with Crippen molar-refractivity contribution < 1.29 is 13.9 Å². The highest BCUT2D eigenvalue weighted by atomic mass is 19.1. The van der Waals surface area contributed by atoms with Crippen molar-refractivity contribution in [3.05, 3.63) is 106 Å². The van der Waals surface area contributed by atoms with E-state index in [0.29, 0.717) is 38.8 Å². The standard InChI is InChI=1S/C28H22F2N6O2/c1-15-5-4-6-16-10-19(36(28(38)23(15)16)22-8-3-2-7-21(22)30)13-35-27-24(26(31)32-14-33-27)25(34-35)17-9-18(29)12-20(37)11-17/h2-11,14,20,37H,12-13H2,1H3,(H2,31,32,33). The number of aromatic nitrogens is 5. The SMILES string of the molecule is Cc1cccc2cc(Cn3nc(C4=CC(O)CC(F)=C4)c4c(N)ncnc43)n(-c3ccccc3F)c(=O)c12. The van der Waals surface area contributed by atoms with Crippen LogP contribution < -0.4 is 11.3 Å². The molecular formula is C28H22F2N6O2. The Bertz CT molecular complexity index is 1870. The first-order valence-electron chi connectivity index (χ1n) is 11.9. The molecular weight excluding hydrogens is 490 g/mol. The van der Waals surface area contributed by atoms with Crippen LogP contribution in [0.3, 0.4) is 0 Å². The fraction of sp³-hybridized carbons (Fsp3) is 0.143. The molecule has 1 aliphatic carbocycles. The largest absolute Gasteiger partial charge is 0.389 e. The molecule has 5 aromatic rings. The molecule has 1 unspecified atom stereocenters. The summed E-state index contributed by atoms with van der Waals surface area (Å²) in [5.74, 6) is -0.915. The van der Waals surface area contributed by atoms with Crippen LogP contribution in [0.2, 0.25) is 0 Å². The predicted molar refractivity (Wildman–Crippen MR) is 141 cm³/mol. The first kappa shape index (κ1) is 23.7. The summed E-state index contributed by atoms with van der Waals surface area (Å²) in [7, 11) is 0. The number of fused-ring (bicyclic) bond motifs is 2. The van der Waals surface area contributed by atoms with E-state index in [1.807, 2.05) is 31.2 Å². The molecule has 38 heavy (non-hydrogen) atoms. The lowest BCUT2D eigenvalue weighted by atomic mass is 10.00. The smallest absolute Gasteiger partial charge is 0.263 e. The van der Waals surface area contributed by atoms with Crippen LogP contribution in [0, 0.1) is 12.7 Å². The summed E-state index contributed by atoms with van der Waals surface area (Å²) in [4.78, 5) is 22.2. The van der Waals surface area contributed by atoms with Crippen LogP contribution in [0.5, 0.6) is 0 Å². The van der Waals surface area contributed by atoms with E-state index in [4.69, 9.17) is 5.73 Å². The second-order valence-electron chi connectivity index (χ2n) is 9.22. The molecule has 0 saturated carbocycles. The molecule has 1 atom stereocenters. The molecule has 10 heteroatoms. The molecule has 0 fully saturated rings. The van der Waals surface area contributed by atoms with Gasteiger partial charge < -0.3 is 10.8 Å². The Kier molecular flexibility index (Phi) is 5.61. The molecule has 8 nitrogen and oxygen atoms in total. The Hall–Kier alpha value is -4.70. The molecule has 3 aromatic heterocycles. The summed E-state index contributed by atoms with van der Waals surface area (Å²) < 4.78 is 32.1. The lowest BCUT2D eigenvalue weighted by molar-refractivity contribution is 0.214. The van der Waals surface area contributed by atoms with Gasteiger partial charge >= 0.3 is 0 Å². The van der Waals surface area contributed by atoms with E-state index in [1.165, 1.54) is 33.8 Å². The fourth-order valence-electron chi connectivity index (χ4n) is 4.99. The number of benzene rings is 2. The lowest BCUT2D eigenvalue weighted by Crippen LogP contribution is -2.25. The van der Waals surface area contributed by atoms with Crippen LogP contribution in [0.25, 0.3) is 33.1 Å². The zero-order valence-corrected chi connectivity index (χ0v) is 20.3. The summed E-state index contributed by atoms with van der Waals surface area (Å²) in [6.07, 6.45) is 2.93. The number of pyridine rings is 1. The third-order valence-corrected chi connectivity index (χ3v) is 6.66. The highest BCUT2D eigenvalue weighted by molar-refractivity contribution is 5.98. The van der Waals surface area contributed by atoms with Crippen molar-refractivity contribution in [1.29, 1.82) is 0 Å². The van der Waals surface area contributed by atoms with Crippen LogP contribution in [0.1, 0.15) is 23.4 Å². The van der Waals surface area contributed by atoms with Crippen molar-refractivity contribution in [3.8, 4) is 5.69 Å². The Morgan fingerprint density at radius 3 is 2.71 bits per heavy atom. The summed E-state index contributed by atoms with van der Waals surface area (Å²) in [5.41, 5.74) is 8.12. The maximum atomic E-state index is 15.0. The number of hydrogen-bond acceptors (Lipinski definition) is 6. The predicted octanol–water partition coefficient (Wildman–Crippen LogP) is 4.21. The first-order chi connectivity index (χ1) is 18.3. The van der Waals surface area contributed by atoms with E-state index >= 15 is 4.39 Å². The van der Waals surface area contributed by atoms with Gasteiger partial charge in [0.25, 0.3) is 5.56 Å². The van der Waals surface area contributed by atoms with Gasteiger partial charge in [-0.15, -0.1) is 0 Å². The second kappa shape index (κ2) is 9.00. The molecule has 1 aliphatic rings. The van der Waals surface area contributed by atoms with Crippen molar-refractivity contribution in [2.45, 2.75) is 26.0 Å². The molecule has 3 heterocycles. The molecule has 190 valence electrons. The number of aliphatic hydroxyl groups excluding tert-OH is 1. The zero-order chi connectivity index (χ0) is 26.6. The van der Waals surface area contributed by atoms with Crippen molar-refractivity contribution in [3.63, 3.8) is 0 Å². The van der Waals surface area contributed by atoms with Gasteiger partial charge in [-0.2, -0.15) is 5.10 Å². The molecule has 0 bridgehead atoms. The molecule has 0 saturated heterocycles. The van der Waals surface area contributed by atoms with Gasteiger partial charge in [-0.05, 0) is 48.2 Å². The molecule has 0 amide bonds. The van der Waals surface area contributed by atoms with Crippen molar-refractivity contribution >= 4 is 33.2 Å². The molecule has 2 aromatic carbocycles. The summed E-state index contributed by atoms with van der Waals surface area (Å²) >= 11 is 0. The third-order valence-electron chi connectivity index (χ3n) is 6.66. The number of nitrogens with two attached hydrogens (primary N) is 1. The van der Waals surface area contributed by atoms with E-state index in [-0.39, 0.29) is 30.0 Å². The molecule has 6 rings (SSSR count). The van der Waals surface area contributed by atoms with Gasteiger partial charge in [0.2, 0.25) is 0 Å². The van der Waals surface area contributed by atoms with Gasteiger partial charge in [-0.1, -0.05) is 30.3 Å². The highest BCUT2D eigenvalue weighted by Gasteiger charge is 2.23. The number of para-hydroxylation sites is 1. The molecule has 0 aliphatic heterocycles. The Morgan fingerprint density at radius 2 is 1.92 bits per heavy atom. The average Bonchev–Trinajstić information content (AvgIpc) is 3.24. The van der Waals surface area contributed by atoms with E-state index in [0.717, 1.165) is 5.56 Å². The number of aliphatic hydroxyl groups is 1. The van der Waals surface area contributed by atoms with Crippen molar-refractivity contribution in [2.75, 3.05) is 5.73 Å². The van der Waals surface area contributed by atoms with Gasteiger partial charge in [0.05, 0.1) is 29.1 Å². The van der Waals surface area contributed by atoms with Crippen LogP contribution in [0.15, 0.2) is 77.6 Å². The highest BCUT2D eigenvalue weighted by Crippen LogP contribution is 2.32. The van der Waals surface area contributed by atoms with E-state index in [2.05, 4.69) is 15.1 Å². The number of nitrogen functional groups attached to an aromatic ring is 1. The maximum absolute atomic E-state index is 15.0. The van der Waals surface area contributed by atoms with E-state index in [1.54, 1.807) is 18.2 Å². The van der Waals surface area contributed by atoms with Gasteiger partial charge in [-0.25, -0.2) is 23.4 Å². The van der Waals surface area contributed by atoms with Gasteiger partial charge in [0.1, 0.15) is 29.5 Å². The number of nitrogens with zero attached hydrogens (tertiary/aromatic N) is 5. The zero-order valence-electron chi connectivity index (χ0n) is 20.3. The van der Waals surface area contributed by atoms with E-state index in [9.17, 15) is 14.3 Å². The van der Waals surface area contributed by atoms with Gasteiger partial charge in [-0.3, -0.25) is 9.36 Å². The first-order valence-corrected chi connectivity index (χ1v) is 11.9. The fourth-order valence-corrected chi connectivity index (χ4v) is 4.99. The van der Waals surface area contributed by atoms with Crippen LogP contribution in [-0.2, 0) is 6.54 Å². The number of allylic oxidation sites excluding steroid dienone is 2. The quantitative estimate of drug-likeness (QED) is 0.373. The Balaban J connectivity index is 1.61. The normalized spacial score (nSPS) is 15.6. The minimum atomic E-state index is -1.02. The van der Waals surface area contributed by atoms with Crippen LogP contribution in [-0.4, -0.2) is 35.5 Å². The van der Waals surface area contributed by atoms with Gasteiger partial charge in [0.15, 0.2) is 5.65 Å². The molecule has 0 spiro atoms. The maximum Gasteiger partial charge on any atom is 0.263 e. The summed E-state index contributed by atoms with van der Waals surface area (Å²) in [6, 6.07) is 13.4. The number of anilines is 1.